The van der Waals surface area contributed by atoms with Crippen LogP contribution in [-0.4, -0.2) is 40.5 Å². The zero-order valence-electron chi connectivity index (χ0n) is 12.9. The van der Waals surface area contributed by atoms with Gasteiger partial charge in [0.05, 0.1) is 5.69 Å². The predicted octanol–water partition coefficient (Wildman–Crippen LogP) is 1.76. The average molecular weight is 345 g/mol. The van der Waals surface area contributed by atoms with Crippen molar-refractivity contribution >= 4 is 5.91 Å². The van der Waals surface area contributed by atoms with E-state index < -0.39 is 29.3 Å². The van der Waals surface area contributed by atoms with Crippen LogP contribution in [0.25, 0.3) is 5.69 Å². The molecule has 1 aromatic heterocycles. The summed E-state index contributed by atoms with van der Waals surface area (Å²) in [5.74, 6) is -1.74. The molecule has 0 bridgehead atoms. The molecule has 2 N–H and O–H groups in total. The van der Waals surface area contributed by atoms with Crippen molar-refractivity contribution in [2.75, 3.05) is 13.6 Å². The highest BCUT2D eigenvalue weighted by Crippen LogP contribution is 2.32. The van der Waals surface area contributed by atoms with Crippen molar-refractivity contribution in [3.63, 3.8) is 0 Å². The number of nitrogens with zero attached hydrogens (tertiary/aromatic N) is 3. The Bertz CT molecular complexity index is 728. The fraction of sp³-hybridized carbons (Fsp3) is 0.357. The van der Waals surface area contributed by atoms with Crippen LogP contribution in [0.5, 0.6) is 0 Å². The number of likely N-dealkylation sites (N-methyl/N-ethyl adjacent to an activating group) is 1. The fourth-order valence-corrected chi connectivity index (χ4v) is 1.91. The minimum atomic E-state index is -4.89. The van der Waals surface area contributed by atoms with E-state index in [-0.39, 0.29) is 18.3 Å². The zero-order valence-corrected chi connectivity index (χ0v) is 12.9. The summed E-state index contributed by atoms with van der Waals surface area (Å²) in [7, 11) is 1.65. The second-order valence-electron chi connectivity index (χ2n) is 5.08. The number of carbonyl (C=O) groups excluding carboxylic acids is 1. The van der Waals surface area contributed by atoms with Gasteiger partial charge in [0.25, 0.3) is 5.91 Å². The number of hydrogen-bond donors (Lipinski definition) is 2. The molecule has 0 spiro atoms. The molecule has 1 heterocycles. The molecule has 6 nitrogen and oxygen atoms in total. The first-order valence-corrected chi connectivity index (χ1v) is 6.98. The van der Waals surface area contributed by atoms with E-state index in [2.05, 4.69) is 20.9 Å². The number of halogens is 4. The van der Waals surface area contributed by atoms with Gasteiger partial charge in [-0.1, -0.05) is 11.3 Å². The Labute approximate surface area is 134 Å². The monoisotopic (exact) mass is 345 g/mol. The minimum absolute atomic E-state index is 0.111. The van der Waals surface area contributed by atoms with E-state index >= 15 is 0 Å². The molecule has 0 radical (unpaired) electrons. The number of aromatic nitrogens is 3. The quantitative estimate of drug-likeness (QED) is 0.810. The maximum Gasteiger partial charge on any atom is 0.435 e. The first-order valence-electron chi connectivity index (χ1n) is 6.98. The van der Waals surface area contributed by atoms with Gasteiger partial charge in [-0.05, 0) is 32.2 Å². The fourth-order valence-electron chi connectivity index (χ4n) is 1.91. The average Bonchev–Trinajstić information content (AvgIpc) is 2.97. The second-order valence-corrected chi connectivity index (χ2v) is 5.08. The molecule has 1 aromatic carbocycles. The molecule has 0 aliphatic heterocycles. The summed E-state index contributed by atoms with van der Waals surface area (Å²) in [6, 6.07) is 4.29. The first-order chi connectivity index (χ1) is 11.2. The highest BCUT2D eigenvalue weighted by Gasteiger charge is 2.42. The van der Waals surface area contributed by atoms with E-state index in [4.69, 9.17) is 0 Å². The Morgan fingerprint density at radius 3 is 2.67 bits per heavy atom. The molecule has 0 saturated heterocycles. The molecule has 10 heteroatoms. The zero-order chi connectivity index (χ0) is 17.9. The number of alkyl halides is 3. The van der Waals surface area contributed by atoms with Gasteiger partial charge < -0.3 is 10.6 Å². The highest BCUT2D eigenvalue weighted by atomic mass is 19.4. The molecule has 24 heavy (non-hydrogen) atoms. The van der Waals surface area contributed by atoms with Crippen molar-refractivity contribution in [2.24, 2.45) is 0 Å². The molecular weight excluding hydrogens is 330 g/mol. The molecule has 1 amide bonds. The SMILES string of the molecule is CNC(C)CNC(=O)c1nnn(-c2cccc(F)c2)c1C(F)(F)F. The molecule has 2 rings (SSSR count). The number of benzene rings is 1. The Morgan fingerprint density at radius 1 is 1.38 bits per heavy atom. The largest absolute Gasteiger partial charge is 0.435 e. The lowest BCUT2D eigenvalue weighted by molar-refractivity contribution is -0.143. The molecule has 0 saturated carbocycles. The van der Waals surface area contributed by atoms with Gasteiger partial charge in [0, 0.05) is 12.6 Å². The summed E-state index contributed by atoms with van der Waals surface area (Å²) >= 11 is 0. The number of rotatable bonds is 5. The Morgan fingerprint density at radius 2 is 2.08 bits per heavy atom. The van der Waals surface area contributed by atoms with Gasteiger partial charge in [-0.2, -0.15) is 13.2 Å². The summed E-state index contributed by atoms with van der Waals surface area (Å²) in [6.45, 7) is 1.86. The van der Waals surface area contributed by atoms with Crippen LogP contribution in [0.1, 0.15) is 23.1 Å². The Kier molecular flexibility index (Phi) is 5.17. The smallest absolute Gasteiger partial charge is 0.349 e. The normalized spacial score (nSPS) is 12.9. The van der Waals surface area contributed by atoms with Crippen molar-refractivity contribution in [3.8, 4) is 5.69 Å². The van der Waals surface area contributed by atoms with Gasteiger partial charge in [-0.15, -0.1) is 5.10 Å². The molecule has 0 aliphatic carbocycles. The van der Waals surface area contributed by atoms with Crippen molar-refractivity contribution in [3.05, 3.63) is 41.5 Å². The van der Waals surface area contributed by atoms with Crippen LogP contribution in [0.2, 0.25) is 0 Å². The van der Waals surface area contributed by atoms with Crippen LogP contribution >= 0.6 is 0 Å². The highest BCUT2D eigenvalue weighted by molar-refractivity contribution is 5.93. The lowest BCUT2D eigenvalue weighted by atomic mass is 10.2. The maximum atomic E-state index is 13.4. The van der Waals surface area contributed by atoms with Gasteiger partial charge in [0.15, 0.2) is 11.4 Å². The third kappa shape index (κ3) is 3.88. The molecule has 2 aromatic rings. The lowest BCUT2D eigenvalue weighted by Gasteiger charge is -2.13. The summed E-state index contributed by atoms with van der Waals surface area (Å²) in [5.41, 5.74) is -2.41. The van der Waals surface area contributed by atoms with Gasteiger partial charge in [-0.3, -0.25) is 4.79 Å². The topological polar surface area (TPSA) is 71.8 Å². The third-order valence-corrected chi connectivity index (χ3v) is 3.27. The van der Waals surface area contributed by atoms with Crippen molar-refractivity contribution in [1.82, 2.24) is 25.6 Å². The third-order valence-electron chi connectivity index (χ3n) is 3.27. The summed E-state index contributed by atoms with van der Waals surface area (Å²) in [4.78, 5) is 12.0. The summed E-state index contributed by atoms with van der Waals surface area (Å²) in [6.07, 6.45) is -4.89. The molecule has 130 valence electrons. The van der Waals surface area contributed by atoms with Gasteiger partial charge in [0.1, 0.15) is 5.82 Å². The summed E-state index contributed by atoms with van der Waals surface area (Å²) in [5, 5.41) is 11.9. The molecule has 0 aliphatic rings. The minimum Gasteiger partial charge on any atom is -0.349 e. The molecule has 1 unspecified atom stereocenters. The standard InChI is InChI=1S/C14H15F4N5O/c1-8(19-2)7-20-13(24)11-12(14(16,17)18)23(22-21-11)10-5-3-4-9(15)6-10/h3-6,8,19H,7H2,1-2H3,(H,20,24). The van der Waals surface area contributed by atoms with E-state index in [1.54, 1.807) is 14.0 Å². The van der Waals surface area contributed by atoms with E-state index in [1.807, 2.05) is 0 Å². The molecular formula is C14H15F4N5O. The number of hydrogen-bond acceptors (Lipinski definition) is 4. The maximum absolute atomic E-state index is 13.4. The second kappa shape index (κ2) is 6.95. The van der Waals surface area contributed by atoms with Crippen LogP contribution in [-0.2, 0) is 6.18 Å². The van der Waals surface area contributed by atoms with Crippen molar-refractivity contribution in [2.45, 2.75) is 19.1 Å². The number of nitrogens with one attached hydrogen (secondary N) is 2. The molecule has 0 fully saturated rings. The molecule has 1 atom stereocenters. The lowest BCUT2D eigenvalue weighted by Crippen LogP contribution is -2.38. The van der Waals surface area contributed by atoms with Gasteiger partial charge in [0.2, 0.25) is 0 Å². The Balaban J connectivity index is 2.42. The van der Waals surface area contributed by atoms with Crippen LogP contribution in [0.15, 0.2) is 24.3 Å². The van der Waals surface area contributed by atoms with Gasteiger partial charge in [-0.25, -0.2) is 9.07 Å². The van der Waals surface area contributed by atoms with Crippen LogP contribution in [0.4, 0.5) is 17.6 Å². The van der Waals surface area contributed by atoms with E-state index in [0.717, 1.165) is 12.1 Å². The number of carbonyl (C=O) groups is 1. The first kappa shape index (κ1) is 17.9. The summed E-state index contributed by atoms with van der Waals surface area (Å²) < 4.78 is 53.8. The van der Waals surface area contributed by atoms with E-state index in [0.29, 0.717) is 4.68 Å². The number of amides is 1. The Hall–Kier alpha value is -2.49. The van der Waals surface area contributed by atoms with Crippen LogP contribution in [0, 0.1) is 5.82 Å². The predicted molar refractivity (Wildman–Crippen MR) is 77.2 cm³/mol. The van der Waals surface area contributed by atoms with Gasteiger partial charge >= 0.3 is 6.18 Å². The van der Waals surface area contributed by atoms with E-state index in [1.165, 1.54) is 12.1 Å². The van der Waals surface area contributed by atoms with Crippen LogP contribution < -0.4 is 10.6 Å². The van der Waals surface area contributed by atoms with Crippen molar-refractivity contribution in [1.29, 1.82) is 0 Å². The van der Waals surface area contributed by atoms with E-state index in [9.17, 15) is 22.4 Å². The van der Waals surface area contributed by atoms with Crippen LogP contribution in [0.3, 0.4) is 0 Å². The van der Waals surface area contributed by atoms with Crippen molar-refractivity contribution < 1.29 is 22.4 Å².